The molecule has 0 atom stereocenters. The molecule has 1 aromatic rings. The summed E-state index contributed by atoms with van der Waals surface area (Å²) in [5.41, 5.74) is 3.65. The van der Waals surface area contributed by atoms with Gasteiger partial charge in [-0.05, 0) is 24.8 Å². The molecule has 0 radical (unpaired) electrons. The SMILES string of the molecule is COCC(=O)N1CCc2ncnc(C3CC3)c2CC1. The third kappa shape index (κ3) is 2.61. The number of carbonyl (C=O) groups is 1. The number of aromatic nitrogens is 2. The Morgan fingerprint density at radius 2 is 2.16 bits per heavy atom. The van der Waals surface area contributed by atoms with Crippen molar-refractivity contribution in [2.75, 3.05) is 26.8 Å². The monoisotopic (exact) mass is 261 g/mol. The predicted octanol–water partition coefficient (Wildman–Crippen LogP) is 0.928. The van der Waals surface area contributed by atoms with Crippen LogP contribution in [0.1, 0.15) is 35.7 Å². The zero-order chi connectivity index (χ0) is 13.2. The smallest absolute Gasteiger partial charge is 0.248 e. The molecule has 0 spiro atoms. The van der Waals surface area contributed by atoms with Gasteiger partial charge in [-0.3, -0.25) is 4.79 Å². The van der Waals surface area contributed by atoms with Crippen LogP contribution >= 0.6 is 0 Å². The number of rotatable bonds is 3. The summed E-state index contributed by atoms with van der Waals surface area (Å²) in [4.78, 5) is 22.6. The number of nitrogens with zero attached hydrogens (tertiary/aromatic N) is 3. The molecule has 1 aromatic heterocycles. The van der Waals surface area contributed by atoms with E-state index >= 15 is 0 Å². The first-order valence-corrected chi connectivity index (χ1v) is 6.89. The van der Waals surface area contributed by atoms with Crippen molar-refractivity contribution in [3.05, 3.63) is 23.3 Å². The Kier molecular flexibility index (Phi) is 3.46. The van der Waals surface area contributed by atoms with Crippen LogP contribution in [0.3, 0.4) is 0 Å². The van der Waals surface area contributed by atoms with Gasteiger partial charge in [0.05, 0.1) is 5.69 Å². The number of fused-ring (bicyclic) bond motifs is 1. The van der Waals surface area contributed by atoms with Gasteiger partial charge in [-0.1, -0.05) is 0 Å². The van der Waals surface area contributed by atoms with E-state index < -0.39 is 0 Å². The summed E-state index contributed by atoms with van der Waals surface area (Å²) in [6.45, 7) is 1.65. The van der Waals surface area contributed by atoms with E-state index in [9.17, 15) is 4.79 Å². The minimum absolute atomic E-state index is 0.0660. The summed E-state index contributed by atoms with van der Waals surface area (Å²) in [7, 11) is 1.56. The Morgan fingerprint density at radius 1 is 1.37 bits per heavy atom. The molecule has 3 rings (SSSR count). The van der Waals surface area contributed by atoms with Crippen molar-refractivity contribution in [2.45, 2.75) is 31.6 Å². The maximum atomic E-state index is 11.9. The largest absolute Gasteiger partial charge is 0.375 e. The van der Waals surface area contributed by atoms with Crippen molar-refractivity contribution in [2.24, 2.45) is 0 Å². The molecular formula is C14H19N3O2. The third-order valence-corrected chi connectivity index (χ3v) is 3.90. The van der Waals surface area contributed by atoms with Crippen LogP contribution in [0.4, 0.5) is 0 Å². The molecule has 102 valence electrons. The zero-order valence-corrected chi connectivity index (χ0v) is 11.3. The quantitative estimate of drug-likeness (QED) is 0.812. The maximum absolute atomic E-state index is 11.9. The van der Waals surface area contributed by atoms with E-state index in [2.05, 4.69) is 9.97 Å². The highest BCUT2D eigenvalue weighted by Gasteiger charge is 2.30. The van der Waals surface area contributed by atoms with E-state index in [4.69, 9.17) is 4.74 Å². The second-order valence-electron chi connectivity index (χ2n) is 5.27. The number of amides is 1. The van der Waals surface area contributed by atoms with Gasteiger partial charge in [-0.25, -0.2) is 9.97 Å². The predicted molar refractivity (Wildman–Crippen MR) is 69.9 cm³/mol. The topological polar surface area (TPSA) is 55.3 Å². The van der Waals surface area contributed by atoms with Crippen molar-refractivity contribution in [1.29, 1.82) is 0 Å². The zero-order valence-electron chi connectivity index (χ0n) is 11.3. The molecule has 5 nitrogen and oxygen atoms in total. The van der Waals surface area contributed by atoms with E-state index in [1.165, 1.54) is 24.1 Å². The van der Waals surface area contributed by atoms with Gasteiger partial charge in [-0.2, -0.15) is 0 Å². The van der Waals surface area contributed by atoms with Crippen molar-refractivity contribution in [3.8, 4) is 0 Å². The maximum Gasteiger partial charge on any atom is 0.248 e. The third-order valence-electron chi connectivity index (χ3n) is 3.90. The molecule has 2 aliphatic rings. The highest BCUT2D eigenvalue weighted by Crippen LogP contribution is 2.41. The van der Waals surface area contributed by atoms with E-state index in [-0.39, 0.29) is 12.5 Å². The van der Waals surface area contributed by atoms with Crippen LogP contribution in [0.15, 0.2) is 6.33 Å². The molecular weight excluding hydrogens is 242 g/mol. The molecule has 1 saturated carbocycles. The molecule has 19 heavy (non-hydrogen) atoms. The fourth-order valence-corrected chi connectivity index (χ4v) is 2.72. The Balaban J connectivity index is 1.78. The summed E-state index contributed by atoms with van der Waals surface area (Å²) in [6.07, 6.45) is 5.87. The average molecular weight is 261 g/mol. The Morgan fingerprint density at radius 3 is 2.89 bits per heavy atom. The van der Waals surface area contributed by atoms with Gasteiger partial charge in [0.2, 0.25) is 5.91 Å². The summed E-state index contributed by atoms with van der Waals surface area (Å²) in [5, 5.41) is 0. The van der Waals surface area contributed by atoms with E-state index in [1.807, 2.05) is 4.90 Å². The fraction of sp³-hybridized carbons (Fsp3) is 0.643. The van der Waals surface area contributed by atoms with Crippen LogP contribution < -0.4 is 0 Å². The first-order valence-electron chi connectivity index (χ1n) is 6.89. The molecule has 1 aliphatic heterocycles. The Hall–Kier alpha value is -1.49. The van der Waals surface area contributed by atoms with Crippen LogP contribution in [0.25, 0.3) is 0 Å². The molecule has 0 N–H and O–H groups in total. The van der Waals surface area contributed by atoms with Crippen molar-refractivity contribution >= 4 is 5.91 Å². The number of carbonyl (C=O) groups excluding carboxylic acids is 1. The molecule has 2 heterocycles. The van der Waals surface area contributed by atoms with Crippen molar-refractivity contribution < 1.29 is 9.53 Å². The van der Waals surface area contributed by atoms with E-state index in [0.717, 1.165) is 31.6 Å². The molecule has 0 bridgehead atoms. The second kappa shape index (κ2) is 5.25. The molecule has 1 amide bonds. The van der Waals surface area contributed by atoms with Gasteiger partial charge >= 0.3 is 0 Å². The van der Waals surface area contributed by atoms with Crippen LogP contribution in [-0.4, -0.2) is 47.6 Å². The van der Waals surface area contributed by atoms with Crippen molar-refractivity contribution in [1.82, 2.24) is 14.9 Å². The minimum Gasteiger partial charge on any atom is -0.375 e. The van der Waals surface area contributed by atoms with Crippen LogP contribution in [0.2, 0.25) is 0 Å². The average Bonchev–Trinajstić information content (AvgIpc) is 3.25. The number of hydrogen-bond donors (Lipinski definition) is 0. The normalized spacial score (nSPS) is 18.9. The van der Waals surface area contributed by atoms with Gasteiger partial charge in [0, 0.05) is 38.2 Å². The number of ether oxygens (including phenoxy) is 1. The fourth-order valence-electron chi connectivity index (χ4n) is 2.72. The lowest BCUT2D eigenvalue weighted by Gasteiger charge is -2.19. The lowest BCUT2D eigenvalue weighted by Crippen LogP contribution is -2.35. The molecule has 0 unspecified atom stereocenters. The number of methoxy groups -OCH3 is 1. The summed E-state index contributed by atoms with van der Waals surface area (Å²) in [6, 6.07) is 0. The molecule has 0 saturated heterocycles. The summed E-state index contributed by atoms with van der Waals surface area (Å²) < 4.78 is 4.93. The van der Waals surface area contributed by atoms with Crippen LogP contribution in [-0.2, 0) is 22.4 Å². The van der Waals surface area contributed by atoms with Gasteiger partial charge in [0.25, 0.3) is 0 Å². The molecule has 5 heteroatoms. The van der Waals surface area contributed by atoms with Crippen LogP contribution in [0.5, 0.6) is 0 Å². The number of hydrogen-bond acceptors (Lipinski definition) is 4. The Bertz CT molecular complexity index is 486. The molecule has 0 aromatic carbocycles. The van der Waals surface area contributed by atoms with Crippen LogP contribution in [0, 0.1) is 0 Å². The van der Waals surface area contributed by atoms with E-state index in [0.29, 0.717) is 5.92 Å². The lowest BCUT2D eigenvalue weighted by atomic mass is 10.0. The summed E-state index contributed by atoms with van der Waals surface area (Å²) >= 11 is 0. The van der Waals surface area contributed by atoms with Gasteiger partial charge in [0.15, 0.2) is 0 Å². The highest BCUT2D eigenvalue weighted by molar-refractivity contribution is 5.77. The van der Waals surface area contributed by atoms with Gasteiger partial charge in [0.1, 0.15) is 12.9 Å². The molecule has 1 aliphatic carbocycles. The van der Waals surface area contributed by atoms with E-state index in [1.54, 1.807) is 13.4 Å². The van der Waals surface area contributed by atoms with Gasteiger partial charge < -0.3 is 9.64 Å². The lowest BCUT2D eigenvalue weighted by molar-refractivity contribution is -0.135. The van der Waals surface area contributed by atoms with Gasteiger partial charge in [-0.15, -0.1) is 0 Å². The standard InChI is InChI=1S/C14H19N3O2/c1-19-8-13(18)17-6-4-11-12(5-7-17)15-9-16-14(11)10-2-3-10/h9-10H,2-8H2,1H3. The molecule has 1 fully saturated rings. The Labute approximate surface area is 113 Å². The summed E-state index contributed by atoms with van der Waals surface area (Å²) in [5.74, 6) is 0.703. The van der Waals surface area contributed by atoms with Crippen molar-refractivity contribution in [3.63, 3.8) is 0 Å². The highest BCUT2D eigenvalue weighted by atomic mass is 16.5. The first-order chi connectivity index (χ1) is 9.29. The minimum atomic E-state index is 0.0660. The first kappa shape index (κ1) is 12.5. The second-order valence-corrected chi connectivity index (χ2v) is 5.27.